The van der Waals surface area contributed by atoms with E-state index in [9.17, 15) is 14.7 Å². The number of fused-ring (bicyclic) bond motifs is 1. The highest BCUT2D eigenvalue weighted by atomic mass is 16.6. The number of ether oxygens (including phenoxy) is 1. The van der Waals surface area contributed by atoms with E-state index in [4.69, 9.17) is 4.74 Å². The van der Waals surface area contributed by atoms with Gasteiger partial charge in [0.1, 0.15) is 5.60 Å². The molecule has 2 aliphatic rings. The van der Waals surface area contributed by atoms with Gasteiger partial charge in [0.2, 0.25) is 0 Å². The lowest BCUT2D eigenvalue weighted by atomic mass is 9.65. The minimum absolute atomic E-state index is 0.320. The van der Waals surface area contributed by atoms with Gasteiger partial charge in [-0.2, -0.15) is 0 Å². The van der Waals surface area contributed by atoms with E-state index in [-0.39, 0.29) is 6.09 Å². The van der Waals surface area contributed by atoms with Crippen LogP contribution < -0.4 is 0 Å². The van der Waals surface area contributed by atoms with Gasteiger partial charge < -0.3 is 14.7 Å². The van der Waals surface area contributed by atoms with E-state index in [1.165, 1.54) is 5.56 Å². The highest BCUT2D eigenvalue weighted by molar-refractivity contribution is 5.95. The molecule has 0 unspecified atom stereocenters. The van der Waals surface area contributed by atoms with Crippen molar-refractivity contribution in [1.82, 2.24) is 4.90 Å². The number of rotatable bonds is 1. The van der Waals surface area contributed by atoms with E-state index >= 15 is 0 Å². The van der Waals surface area contributed by atoms with Crippen molar-refractivity contribution in [3.05, 3.63) is 41.0 Å². The molecule has 1 amide bonds. The quantitative estimate of drug-likeness (QED) is 0.844. The normalized spacial score (nSPS) is 19.2. The molecule has 0 radical (unpaired) electrons. The van der Waals surface area contributed by atoms with Crippen molar-refractivity contribution in [3.63, 3.8) is 0 Å². The third-order valence-electron chi connectivity index (χ3n) is 5.06. The average Bonchev–Trinajstić information content (AvgIpc) is 2.53. The van der Waals surface area contributed by atoms with Crippen LogP contribution in [-0.4, -0.2) is 40.8 Å². The van der Waals surface area contributed by atoms with Crippen molar-refractivity contribution < 1.29 is 19.4 Å². The monoisotopic (exact) mass is 343 g/mol. The number of carbonyl (C=O) groups is 2. The van der Waals surface area contributed by atoms with Crippen molar-refractivity contribution in [3.8, 4) is 0 Å². The lowest BCUT2D eigenvalue weighted by molar-refractivity contribution is -0.134. The molecule has 5 heteroatoms. The van der Waals surface area contributed by atoms with Crippen molar-refractivity contribution in [1.29, 1.82) is 0 Å². The summed E-state index contributed by atoms with van der Waals surface area (Å²) in [6.07, 6.45) is 3.48. The first-order valence-electron chi connectivity index (χ1n) is 8.72. The van der Waals surface area contributed by atoms with Gasteiger partial charge >= 0.3 is 12.1 Å². The molecule has 1 fully saturated rings. The van der Waals surface area contributed by atoms with Crippen LogP contribution in [0.15, 0.2) is 29.8 Å². The Morgan fingerprint density at radius 3 is 2.40 bits per heavy atom. The van der Waals surface area contributed by atoms with Crippen molar-refractivity contribution in [2.24, 2.45) is 5.41 Å². The highest BCUT2D eigenvalue weighted by Crippen LogP contribution is 2.46. The largest absolute Gasteiger partial charge is 0.478 e. The topological polar surface area (TPSA) is 66.8 Å². The Morgan fingerprint density at radius 2 is 1.80 bits per heavy atom. The Labute approximate surface area is 148 Å². The van der Waals surface area contributed by atoms with E-state index < -0.39 is 17.0 Å². The number of carboxylic acid groups (broad SMARTS) is 1. The highest BCUT2D eigenvalue weighted by Gasteiger charge is 2.44. The maximum Gasteiger partial charge on any atom is 0.410 e. The van der Waals surface area contributed by atoms with E-state index in [2.05, 4.69) is 6.07 Å². The van der Waals surface area contributed by atoms with Crippen LogP contribution in [-0.2, 0) is 16.0 Å². The zero-order chi connectivity index (χ0) is 18.2. The number of hydrogen-bond donors (Lipinski definition) is 1. The third kappa shape index (κ3) is 3.55. The standard InChI is InChI=1S/C20H25NO4/c1-19(2,3)25-18(24)21-10-8-20(9-11-21)13-15-7-5-4-6-14(15)12-16(20)17(22)23/h4-7,12H,8-11,13H2,1-3H3,(H,22,23). The number of carboxylic acids is 1. The van der Waals surface area contributed by atoms with Crippen molar-refractivity contribution in [2.75, 3.05) is 13.1 Å². The number of likely N-dealkylation sites (tertiary alicyclic amines) is 1. The van der Waals surface area contributed by atoms with Crippen LogP contribution in [0, 0.1) is 5.41 Å². The number of benzene rings is 1. The predicted octanol–water partition coefficient (Wildman–Crippen LogP) is 3.73. The summed E-state index contributed by atoms with van der Waals surface area (Å²) in [5.74, 6) is -0.861. The summed E-state index contributed by atoms with van der Waals surface area (Å²) in [4.78, 5) is 25.8. The first kappa shape index (κ1) is 17.5. The Hall–Kier alpha value is -2.30. The van der Waals surface area contributed by atoms with Gasteiger partial charge in [0, 0.05) is 24.1 Å². The van der Waals surface area contributed by atoms with Crippen LogP contribution in [0.3, 0.4) is 0 Å². The summed E-state index contributed by atoms with van der Waals surface area (Å²) >= 11 is 0. The molecule has 5 nitrogen and oxygen atoms in total. The summed E-state index contributed by atoms with van der Waals surface area (Å²) < 4.78 is 5.44. The molecule has 1 aliphatic heterocycles. The number of nitrogens with zero attached hydrogens (tertiary/aromatic N) is 1. The fourth-order valence-electron chi connectivity index (χ4n) is 3.78. The van der Waals surface area contributed by atoms with E-state index in [1.54, 1.807) is 4.90 Å². The molecule has 0 aromatic heterocycles. The minimum Gasteiger partial charge on any atom is -0.478 e. The zero-order valence-electron chi connectivity index (χ0n) is 15.0. The summed E-state index contributed by atoms with van der Waals surface area (Å²) in [6.45, 7) is 6.57. The first-order valence-corrected chi connectivity index (χ1v) is 8.72. The van der Waals surface area contributed by atoms with Crippen LogP contribution in [0.2, 0.25) is 0 Å². The third-order valence-corrected chi connectivity index (χ3v) is 5.06. The molecular weight excluding hydrogens is 318 g/mol. The Bertz CT molecular complexity index is 721. The summed E-state index contributed by atoms with van der Waals surface area (Å²) in [6, 6.07) is 7.94. The first-order chi connectivity index (χ1) is 11.7. The Kier molecular flexibility index (Phi) is 4.35. The Morgan fingerprint density at radius 1 is 1.16 bits per heavy atom. The number of piperidine rings is 1. The molecule has 3 rings (SSSR count). The van der Waals surface area contributed by atoms with Crippen molar-refractivity contribution >= 4 is 18.1 Å². The van der Waals surface area contributed by atoms with E-state index in [0.29, 0.717) is 37.9 Å². The zero-order valence-corrected chi connectivity index (χ0v) is 15.0. The van der Waals surface area contributed by atoms with Gasteiger partial charge in [-0.15, -0.1) is 0 Å². The van der Waals surface area contributed by atoms with Gasteiger partial charge in [0.05, 0.1) is 0 Å². The summed E-state index contributed by atoms with van der Waals surface area (Å²) in [7, 11) is 0. The van der Waals surface area contributed by atoms with E-state index in [1.807, 2.05) is 45.0 Å². The average molecular weight is 343 g/mol. The molecule has 1 aliphatic carbocycles. The molecule has 1 spiro atoms. The van der Waals surface area contributed by atoms with Gasteiger partial charge in [-0.25, -0.2) is 9.59 Å². The molecule has 0 bridgehead atoms. The van der Waals surface area contributed by atoms with Crippen LogP contribution >= 0.6 is 0 Å². The molecule has 134 valence electrons. The van der Waals surface area contributed by atoms with Gasteiger partial charge in [-0.1, -0.05) is 24.3 Å². The molecule has 1 heterocycles. The number of hydrogen-bond acceptors (Lipinski definition) is 3. The molecule has 1 aromatic rings. The molecule has 1 N–H and O–H groups in total. The fraction of sp³-hybridized carbons (Fsp3) is 0.500. The maximum atomic E-state index is 12.3. The van der Waals surface area contributed by atoms with Crippen LogP contribution in [0.1, 0.15) is 44.7 Å². The van der Waals surface area contributed by atoms with Crippen LogP contribution in [0.5, 0.6) is 0 Å². The maximum absolute atomic E-state index is 12.3. The summed E-state index contributed by atoms with van der Waals surface area (Å²) in [5, 5.41) is 9.74. The van der Waals surface area contributed by atoms with Gasteiger partial charge in [0.15, 0.2) is 0 Å². The van der Waals surface area contributed by atoms with E-state index in [0.717, 1.165) is 5.56 Å². The molecule has 1 saturated heterocycles. The second-order valence-corrected chi connectivity index (χ2v) is 7.99. The number of carbonyl (C=O) groups excluding carboxylic acids is 1. The lowest BCUT2D eigenvalue weighted by Crippen LogP contribution is -2.48. The lowest BCUT2D eigenvalue weighted by Gasteiger charge is -2.44. The number of aliphatic carboxylic acids is 1. The molecule has 1 aromatic carbocycles. The number of amides is 1. The predicted molar refractivity (Wildman–Crippen MR) is 95.2 cm³/mol. The van der Waals surface area contributed by atoms with Gasteiger partial charge in [0.25, 0.3) is 0 Å². The molecule has 0 atom stereocenters. The SMILES string of the molecule is CC(C)(C)OC(=O)N1CCC2(CC1)Cc1ccccc1C=C2C(=O)O. The van der Waals surface area contributed by atoms with Gasteiger partial charge in [-0.05, 0) is 57.2 Å². The second-order valence-electron chi connectivity index (χ2n) is 7.99. The second kappa shape index (κ2) is 6.21. The Balaban J connectivity index is 1.80. The minimum atomic E-state index is -0.861. The van der Waals surface area contributed by atoms with Crippen LogP contribution in [0.25, 0.3) is 6.08 Å². The van der Waals surface area contributed by atoms with Gasteiger partial charge in [-0.3, -0.25) is 0 Å². The molecular formula is C20H25NO4. The molecule has 25 heavy (non-hydrogen) atoms. The molecule has 0 saturated carbocycles. The summed E-state index contributed by atoms with van der Waals surface area (Å²) in [5.41, 5.74) is 1.70. The van der Waals surface area contributed by atoms with Crippen molar-refractivity contribution in [2.45, 2.75) is 45.6 Å². The smallest absolute Gasteiger partial charge is 0.410 e. The fourth-order valence-corrected chi connectivity index (χ4v) is 3.78. The van der Waals surface area contributed by atoms with Crippen LogP contribution in [0.4, 0.5) is 4.79 Å².